The van der Waals surface area contributed by atoms with Crippen LogP contribution in [0.3, 0.4) is 0 Å². The highest BCUT2D eigenvalue weighted by molar-refractivity contribution is 6.10. The number of esters is 1. The number of benzene rings is 1. The molecule has 0 saturated heterocycles. The summed E-state index contributed by atoms with van der Waals surface area (Å²) in [6.07, 6.45) is 0.661. The SMILES string of the molecule is CCN/C(N)=C(\C=N)C(=O)OCC(=O)c1c(F)cccc1F. The molecule has 22 heavy (non-hydrogen) atoms. The fourth-order valence-electron chi connectivity index (χ4n) is 1.58. The van der Waals surface area contributed by atoms with E-state index in [2.05, 4.69) is 10.1 Å². The molecule has 0 amide bonds. The molecule has 8 heteroatoms. The molecule has 0 aliphatic carbocycles. The van der Waals surface area contributed by atoms with Gasteiger partial charge in [-0.1, -0.05) is 6.07 Å². The van der Waals surface area contributed by atoms with Crippen molar-refractivity contribution < 1.29 is 23.1 Å². The van der Waals surface area contributed by atoms with Crippen LogP contribution in [0.25, 0.3) is 0 Å². The minimum atomic E-state index is -1.05. The van der Waals surface area contributed by atoms with Crippen molar-refractivity contribution in [1.29, 1.82) is 5.41 Å². The van der Waals surface area contributed by atoms with Crippen LogP contribution < -0.4 is 11.1 Å². The molecular weight excluding hydrogens is 296 g/mol. The van der Waals surface area contributed by atoms with Crippen molar-refractivity contribution in [2.24, 2.45) is 5.73 Å². The summed E-state index contributed by atoms with van der Waals surface area (Å²) in [5.41, 5.74) is 4.45. The van der Waals surface area contributed by atoms with Crippen LogP contribution in [0, 0.1) is 17.0 Å². The molecule has 0 bridgehead atoms. The summed E-state index contributed by atoms with van der Waals surface area (Å²) < 4.78 is 31.4. The number of halogens is 2. The van der Waals surface area contributed by atoms with E-state index >= 15 is 0 Å². The van der Waals surface area contributed by atoms with Crippen molar-refractivity contribution in [2.75, 3.05) is 13.2 Å². The Balaban J connectivity index is 2.81. The first kappa shape index (κ1) is 17.3. The van der Waals surface area contributed by atoms with E-state index in [1.165, 1.54) is 0 Å². The lowest BCUT2D eigenvalue weighted by molar-refractivity contribution is -0.137. The number of carbonyl (C=O) groups is 2. The highest BCUT2D eigenvalue weighted by atomic mass is 19.1. The summed E-state index contributed by atoms with van der Waals surface area (Å²) >= 11 is 0. The first-order valence-electron chi connectivity index (χ1n) is 6.30. The van der Waals surface area contributed by atoms with Gasteiger partial charge < -0.3 is 21.2 Å². The number of ketones is 1. The molecule has 4 N–H and O–H groups in total. The average Bonchev–Trinajstić information content (AvgIpc) is 2.46. The van der Waals surface area contributed by atoms with Crippen molar-refractivity contribution >= 4 is 18.0 Å². The third-order valence-electron chi connectivity index (χ3n) is 2.60. The Labute approximate surface area is 125 Å². The molecule has 1 rings (SSSR count). The highest BCUT2D eigenvalue weighted by Crippen LogP contribution is 2.13. The van der Waals surface area contributed by atoms with Gasteiger partial charge in [0, 0.05) is 12.8 Å². The number of rotatable bonds is 7. The van der Waals surface area contributed by atoms with Crippen LogP contribution >= 0.6 is 0 Å². The van der Waals surface area contributed by atoms with Gasteiger partial charge in [-0.05, 0) is 19.1 Å². The summed E-state index contributed by atoms with van der Waals surface area (Å²) in [6.45, 7) is 1.27. The first-order chi connectivity index (χ1) is 10.4. The van der Waals surface area contributed by atoms with Gasteiger partial charge in [-0.2, -0.15) is 0 Å². The Morgan fingerprint density at radius 3 is 2.45 bits per heavy atom. The van der Waals surface area contributed by atoms with Gasteiger partial charge >= 0.3 is 5.97 Å². The maximum Gasteiger partial charge on any atom is 0.343 e. The normalized spacial score (nSPS) is 11.4. The molecule has 0 atom stereocenters. The van der Waals surface area contributed by atoms with Gasteiger partial charge in [-0.3, -0.25) is 4.79 Å². The zero-order valence-corrected chi connectivity index (χ0v) is 11.8. The van der Waals surface area contributed by atoms with Crippen LogP contribution in [-0.4, -0.2) is 31.1 Å². The lowest BCUT2D eigenvalue weighted by Gasteiger charge is -2.09. The summed E-state index contributed by atoms with van der Waals surface area (Å²) in [7, 11) is 0. The zero-order valence-electron chi connectivity index (χ0n) is 11.8. The van der Waals surface area contributed by atoms with Crippen LogP contribution in [0.2, 0.25) is 0 Å². The van der Waals surface area contributed by atoms with Crippen molar-refractivity contribution in [3.05, 3.63) is 46.8 Å². The third kappa shape index (κ3) is 4.11. The minimum absolute atomic E-state index is 0.0907. The van der Waals surface area contributed by atoms with E-state index in [0.717, 1.165) is 18.2 Å². The predicted molar refractivity (Wildman–Crippen MR) is 75.3 cm³/mol. The predicted octanol–water partition coefficient (Wildman–Crippen LogP) is 1.12. The molecular formula is C14H15F2N3O3. The summed E-state index contributed by atoms with van der Waals surface area (Å²) in [6, 6.07) is 2.95. The molecule has 0 aliphatic heterocycles. The van der Waals surface area contributed by atoms with Gasteiger partial charge in [0.1, 0.15) is 23.0 Å². The molecule has 0 aliphatic rings. The van der Waals surface area contributed by atoms with Gasteiger partial charge in [0.25, 0.3) is 0 Å². The largest absolute Gasteiger partial charge is 0.454 e. The zero-order chi connectivity index (χ0) is 16.7. The maximum atomic E-state index is 13.4. The van der Waals surface area contributed by atoms with Gasteiger partial charge in [-0.25, -0.2) is 13.6 Å². The van der Waals surface area contributed by atoms with E-state index in [0.29, 0.717) is 12.8 Å². The second-order valence-electron chi connectivity index (χ2n) is 4.10. The third-order valence-corrected chi connectivity index (χ3v) is 2.60. The van der Waals surface area contributed by atoms with E-state index in [1.54, 1.807) is 6.92 Å². The van der Waals surface area contributed by atoms with Crippen LogP contribution in [0.5, 0.6) is 0 Å². The first-order valence-corrected chi connectivity index (χ1v) is 6.30. The van der Waals surface area contributed by atoms with Crippen molar-refractivity contribution in [3.63, 3.8) is 0 Å². The fourth-order valence-corrected chi connectivity index (χ4v) is 1.58. The smallest absolute Gasteiger partial charge is 0.343 e. The second-order valence-corrected chi connectivity index (χ2v) is 4.10. The summed E-state index contributed by atoms with van der Waals surface area (Å²) in [4.78, 5) is 23.4. The molecule has 0 radical (unpaired) electrons. The highest BCUT2D eigenvalue weighted by Gasteiger charge is 2.20. The molecule has 0 spiro atoms. The summed E-state index contributed by atoms with van der Waals surface area (Å²) in [5, 5.41) is 9.72. The van der Waals surface area contributed by atoms with Crippen LogP contribution in [0.4, 0.5) is 8.78 Å². The van der Waals surface area contributed by atoms with E-state index < -0.39 is 35.6 Å². The Bertz CT molecular complexity index is 610. The molecule has 118 valence electrons. The Morgan fingerprint density at radius 1 is 1.36 bits per heavy atom. The number of nitrogens with two attached hydrogens (primary N) is 1. The van der Waals surface area contributed by atoms with Gasteiger partial charge in [0.2, 0.25) is 5.78 Å². The topological polar surface area (TPSA) is 105 Å². The molecule has 0 aromatic heterocycles. The van der Waals surface area contributed by atoms with Crippen molar-refractivity contribution in [1.82, 2.24) is 5.32 Å². The van der Waals surface area contributed by atoms with Crippen LogP contribution in [-0.2, 0) is 9.53 Å². The monoisotopic (exact) mass is 311 g/mol. The molecule has 1 aromatic carbocycles. The van der Waals surface area contributed by atoms with E-state index in [1.807, 2.05) is 0 Å². The maximum absolute atomic E-state index is 13.4. The minimum Gasteiger partial charge on any atom is -0.454 e. The lowest BCUT2D eigenvalue weighted by atomic mass is 10.1. The Kier molecular flexibility index (Phi) is 6.18. The number of hydrogen-bond acceptors (Lipinski definition) is 6. The van der Waals surface area contributed by atoms with E-state index in [-0.39, 0.29) is 11.4 Å². The quantitative estimate of drug-likeness (QED) is 0.303. The number of ether oxygens (including phenoxy) is 1. The van der Waals surface area contributed by atoms with Gasteiger partial charge in [0.05, 0.1) is 5.56 Å². The molecule has 0 unspecified atom stereocenters. The van der Waals surface area contributed by atoms with Crippen molar-refractivity contribution in [2.45, 2.75) is 6.92 Å². The molecule has 6 nitrogen and oxygen atoms in total. The van der Waals surface area contributed by atoms with E-state index in [4.69, 9.17) is 11.1 Å². The molecule has 0 saturated carbocycles. The molecule has 0 fully saturated rings. The van der Waals surface area contributed by atoms with Crippen LogP contribution in [0.1, 0.15) is 17.3 Å². The molecule has 0 heterocycles. The Hall–Kier alpha value is -2.77. The van der Waals surface area contributed by atoms with Gasteiger partial charge in [-0.15, -0.1) is 0 Å². The van der Waals surface area contributed by atoms with Crippen LogP contribution in [0.15, 0.2) is 29.6 Å². The van der Waals surface area contributed by atoms with Gasteiger partial charge in [0.15, 0.2) is 6.61 Å². The second kappa shape index (κ2) is 7.87. The molecule has 1 aromatic rings. The fraction of sp³-hybridized carbons (Fsp3) is 0.214. The number of hydrogen-bond donors (Lipinski definition) is 3. The summed E-state index contributed by atoms with van der Waals surface area (Å²) in [5.74, 6) is -4.26. The average molecular weight is 311 g/mol. The number of carbonyl (C=O) groups excluding carboxylic acids is 2. The van der Waals surface area contributed by atoms with E-state index in [9.17, 15) is 18.4 Å². The Morgan fingerprint density at radius 2 is 1.95 bits per heavy atom. The number of nitrogens with one attached hydrogen (secondary N) is 2. The lowest BCUT2D eigenvalue weighted by Crippen LogP contribution is -2.27. The van der Waals surface area contributed by atoms with Crippen molar-refractivity contribution in [3.8, 4) is 0 Å². The number of Topliss-reactive ketones (excluding diaryl/α,β-unsaturated/α-hetero) is 1. The standard InChI is InChI=1S/C14H15F2N3O3/c1-2-19-13(18)8(6-17)14(21)22-7-11(20)12-9(15)4-3-5-10(12)16/h3-6,17,19H,2,7,18H2,1H3/b13-8+,17-6?.